The summed E-state index contributed by atoms with van der Waals surface area (Å²) in [5.41, 5.74) is -2.02. The number of hydrogen-bond donors (Lipinski definition) is 0. The quantitative estimate of drug-likeness (QED) is 0.0966. The number of nitrogens with zero attached hydrogens (tertiary/aromatic N) is 4. The first-order valence-electron chi connectivity index (χ1n) is 12.6. The molecule has 0 spiro atoms. The Hall–Kier alpha value is -2.60. The van der Waals surface area contributed by atoms with Crippen LogP contribution in [0.4, 0.5) is 26.3 Å². The van der Waals surface area contributed by atoms with Gasteiger partial charge >= 0.3 is 0 Å². The molecule has 2 aromatic carbocycles. The van der Waals surface area contributed by atoms with E-state index in [4.69, 9.17) is 0 Å². The maximum Gasteiger partial charge on any atom is 0.172 e. The summed E-state index contributed by atoms with van der Waals surface area (Å²) in [5, 5.41) is 12.8. The van der Waals surface area contributed by atoms with Crippen molar-refractivity contribution in [2.45, 2.75) is 78.1 Å². The first-order chi connectivity index (χ1) is 18.3. The Morgan fingerprint density at radius 2 is 0.868 bits per heavy atom. The third-order valence-electron chi connectivity index (χ3n) is 6.24. The summed E-state index contributed by atoms with van der Waals surface area (Å²) in [6, 6.07) is 0. The van der Waals surface area contributed by atoms with Crippen molar-refractivity contribution in [2.75, 3.05) is 0 Å². The molecule has 4 aromatic rings. The van der Waals surface area contributed by atoms with Crippen LogP contribution in [0.15, 0.2) is 0 Å². The van der Waals surface area contributed by atoms with Crippen molar-refractivity contribution in [3.8, 4) is 21.1 Å². The lowest BCUT2D eigenvalue weighted by Crippen LogP contribution is -2.05. The van der Waals surface area contributed by atoms with E-state index in [0.717, 1.165) is 74.0 Å². The number of benzene rings is 2. The van der Waals surface area contributed by atoms with Gasteiger partial charge < -0.3 is 0 Å². The van der Waals surface area contributed by atoms with E-state index in [1.807, 2.05) is 0 Å². The summed E-state index contributed by atoms with van der Waals surface area (Å²) < 4.78 is 91.5. The van der Waals surface area contributed by atoms with Gasteiger partial charge in [-0.2, -0.15) is 0 Å². The molecule has 0 aliphatic heterocycles. The molecule has 4 rings (SSSR count). The van der Waals surface area contributed by atoms with Crippen LogP contribution in [0.2, 0.25) is 0 Å². The van der Waals surface area contributed by atoms with E-state index in [0.29, 0.717) is 22.9 Å². The number of aromatic nitrogens is 4. The van der Waals surface area contributed by atoms with Gasteiger partial charge in [0.1, 0.15) is 21.6 Å². The predicted molar refractivity (Wildman–Crippen MR) is 137 cm³/mol. The normalized spacial score (nSPS) is 11.7. The molecule has 0 unspecified atom stereocenters. The van der Waals surface area contributed by atoms with Crippen molar-refractivity contribution in [3.05, 3.63) is 44.9 Å². The molecular weight excluding hydrogens is 546 g/mol. The smallest absolute Gasteiger partial charge is 0.172 e. The molecule has 0 fully saturated rings. The van der Waals surface area contributed by atoms with Crippen LogP contribution in [0.3, 0.4) is 0 Å². The van der Waals surface area contributed by atoms with Crippen LogP contribution in [0.25, 0.3) is 31.9 Å². The second kappa shape index (κ2) is 12.5. The first-order valence-corrected chi connectivity index (χ1v) is 14.2. The summed E-state index contributed by atoms with van der Waals surface area (Å²) in [5.74, 6) is -10.5. The van der Waals surface area contributed by atoms with E-state index >= 15 is 26.3 Å². The van der Waals surface area contributed by atoms with Gasteiger partial charge in [-0.25, -0.2) is 26.3 Å². The molecule has 0 aliphatic rings. The summed E-state index contributed by atoms with van der Waals surface area (Å²) in [7, 11) is 0. The lowest BCUT2D eigenvalue weighted by molar-refractivity contribution is 0.486. The average Bonchev–Trinajstić information content (AvgIpc) is 3.56. The van der Waals surface area contributed by atoms with E-state index in [1.54, 1.807) is 0 Å². The zero-order valence-corrected chi connectivity index (χ0v) is 22.6. The minimum absolute atomic E-state index is 0.340. The van der Waals surface area contributed by atoms with Crippen LogP contribution in [-0.2, 0) is 12.8 Å². The lowest BCUT2D eigenvalue weighted by atomic mass is 10.00. The SMILES string of the molecule is CCCCCCc1nnc(-c2c(F)c(F)c3c(F)c(-c4nnc(CCCCCC)s4)c(F)c(F)c3c2F)s1. The molecule has 2 aromatic heterocycles. The molecule has 0 saturated heterocycles. The van der Waals surface area contributed by atoms with Crippen LogP contribution in [-0.4, -0.2) is 20.4 Å². The van der Waals surface area contributed by atoms with Crippen molar-refractivity contribution in [2.24, 2.45) is 0 Å². The second-order valence-corrected chi connectivity index (χ2v) is 11.1. The van der Waals surface area contributed by atoms with Crippen molar-refractivity contribution in [1.29, 1.82) is 0 Å². The van der Waals surface area contributed by atoms with E-state index < -0.39 is 56.8 Å². The molecule has 12 heteroatoms. The Morgan fingerprint density at radius 3 is 1.24 bits per heavy atom. The zero-order chi connectivity index (χ0) is 27.4. The Kier molecular flexibility index (Phi) is 9.35. The molecule has 0 aliphatic carbocycles. The highest BCUT2D eigenvalue weighted by atomic mass is 32.1. The molecular formula is C26H26F6N4S2. The molecule has 0 saturated carbocycles. The van der Waals surface area contributed by atoms with Gasteiger partial charge in [-0.05, 0) is 12.8 Å². The second-order valence-electron chi connectivity index (χ2n) is 9.01. The topological polar surface area (TPSA) is 51.6 Å². The summed E-state index contributed by atoms with van der Waals surface area (Å²) >= 11 is 1.64. The number of hydrogen-bond acceptors (Lipinski definition) is 6. The third kappa shape index (κ3) is 5.56. The molecule has 204 valence electrons. The first kappa shape index (κ1) is 28.4. The minimum atomic E-state index is -1.85. The van der Waals surface area contributed by atoms with Gasteiger partial charge in [-0.3, -0.25) is 0 Å². The molecule has 0 N–H and O–H groups in total. The van der Waals surface area contributed by atoms with Gasteiger partial charge in [-0.1, -0.05) is 75.0 Å². The van der Waals surface area contributed by atoms with E-state index in [-0.39, 0.29) is 10.0 Å². The average molecular weight is 573 g/mol. The summed E-state index contributed by atoms with van der Waals surface area (Å²) in [6.45, 7) is 4.11. The van der Waals surface area contributed by atoms with Gasteiger partial charge in [-0.15, -0.1) is 20.4 Å². The molecule has 0 radical (unpaired) electrons. The zero-order valence-electron chi connectivity index (χ0n) is 20.9. The Balaban J connectivity index is 1.76. The van der Waals surface area contributed by atoms with Crippen LogP contribution in [0, 0.1) is 34.9 Å². The number of rotatable bonds is 12. The van der Waals surface area contributed by atoms with Gasteiger partial charge in [0.15, 0.2) is 33.3 Å². The van der Waals surface area contributed by atoms with Gasteiger partial charge in [0.05, 0.1) is 21.9 Å². The fourth-order valence-corrected chi connectivity index (χ4v) is 6.03. The fraction of sp³-hybridized carbons (Fsp3) is 0.462. The van der Waals surface area contributed by atoms with Crippen LogP contribution in [0.5, 0.6) is 0 Å². The number of aryl methyl sites for hydroxylation is 2. The molecule has 0 atom stereocenters. The number of unbranched alkanes of at least 4 members (excludes halogenated alkanes) is 6. The van der Waals surface area contributed by atoms with Crippen molar-refractivity contribution in [1.82, 2.24) is 20.4 Å². The maximum absolute atomic E-state index is 15.5. The predicted octanol–water partition coefficient (Wildman–Crippen LogP) is 8.96. The van der Waals surface area contributed by atoms with Crippen molar-refractivity contribution < 1.29 is 26.3 Å². The summed E-state index contributed by atoms with van der Waals surface area (Å²) in [6.07, 6.45) is 8.49. The molecule has 38 heavy (non-hydrogen) atoms. The lowest BCUT2D eigenvalue weighted by Gasteiger charge is -2.12. The Labute approximate surface area is 224 Å². The largest absolute Gasteiger partial charge is 0.205 e. The number of fused-ring (bicyclic) bond motifs is 1. The Morgan fingerprint density at radius 1 is 0.474 bits per heavy atom. The molecule has 4 nitrogen and oxygen atoms in total. The molecule has 0 bridgehead atoms. The molecule has 2 heterocycles. The maximum atomic E-state index is 15.5. The fourth-order valence-electron chi connectivity index (χ4n) is 4.21. The molecule has 0 amide bonds. The monoisotopic (exact) mass is 572 g/mol. The van der Waals surface area contributed by atoms with Crippen LogP contribution < -0.4 is 0 Å². The van der Waals surface area contributed by atoms with E-state index in [9.17, 15) is 0 Å². The highest BCUT2D eigenvalue weighted by Gasteiger charge is 2.33. The highest BCUT2D eigenvalue weighted by molar-refractivity contribution is 7.15. The van der Waals surface area contributed by atoms with Crippen LogP contribution >= 0.6 is 22.7 Å². The standard InChI is InChI=1S/C26H26F6N4S2/c1-3-5-7-9-11-13-33-35-25(37-13)17-19(27)15-16(21(29)23(17)31)20(28)18(24(32)22(15)30)26-36-34-14(38-26)12-10-8-6-4-2/h3-12H2,1-2H3. The van der Waals surface area contributed by atoms with Gasteiger partial charge in [0.2, 0.25) is 0 Å². The van der Waals surface area contributed by atoms with E-state index in [2.05, 4.69) is 34.2 Å². The van der Waals surface area contributed by atoms with Crippen LogP contribution in [0.1, 0.15) is 75.2 Å². The summed E-state index contributed by atoms with van der Waals surface area (Å²) in [4.78, 5) is 0. The minimum Gasteiger partial charge on any atom is -0.205 e. The Bertz CT molecular complexity index is 1330. The van der Waals surface area contributed by atoms with Gasteiger partial charge in [0.25, 0.3) is 0 Å². The number of halogens is 6. The third-order valence-corrected chi connectivity index (χ3v) is 8.24. The highest BCUT2D eigenvalue weighted by Crippen LogP contribution is 2.42. The van der Waals surface area contributed by atoms with Crippen molar-refractivity contribution >= 4 is 33.4 Å². The van der Waals surface area contributed by atoms with Crippen molar-refractivity contribution in [3.63, 3.8) is 0 Å². The van der Waals surface area contributed by atoms with Gasteiger partial charge in [0, 0.05) is 12.8 Å². The van der Waals surface area contributed by atoms with E-state index in [1.165, 1.54) is 0 Å².